The van der Waals surface area contributed by atoms with Crippen molar-refractivity contribution < 1.29 is 14.7 Å². The second-order valence-electron chi connectivity index (χ2n) is 6.71. The van der Waals surface area contributed by atoms with Gasteiger partial charge in [-0.2, -0.15) is 0 Å². The molecule has 2 aliphatic rings. The first-order valence-corrected chi connectivity index (χ1v) is 8.33. The molecule has 3 unspecified atom stereocenters. The van der Waals surface area contributed by atoms with Crippen LogP contribution in [0, 0.1) is 5.92 Å². The van der Waals surface area contributed by atoms with Gasteiger partial charge in [-0.15, -0.1) is 0 Å². The van der Waals surface area contributed by atoms with Crippen molar-refractivity contribution in [3.63, 3.8) is 0 Å². The Kier molecular flexibility index (Phi) is 4.39. The molecule has 23 heavy (non-hydrogen) atoms. The van der Waals surface area contributed by atoms with Crippen LogP contribution in [-0.4, -0.2) is 48.0 Å². The fourth-order valence-electron chi connectivity index (χ4n) is 3.93. The van der Waals surface area contributed by atoms with Crippen molar-refractivity contribution in [3.8, 4) is 0 Å². The van der Waals surface area contributed by atoms with Crippen molar-refractivity contribution in [2.75, 3.05) is 20.1 Å². The van der Waals surface area contributed by atoms with Crippen molar-refractivity contribution in [2.24, 2.45) is 5.92 Å². The fraction of sp³-hybridized carbons (Fsp3) is 0.556. The maximum absolute atomic E-state index is 12.8. The highest BCUT2D eigenvalue weighted by atomic mass is 16.4. The maximum atomic E-state index is 12.8. The van der Waals surface area contributed by atoms with Crippen LogP contribution in [0.5, 0.6) is 0 Å². The number of hydrogen-bond donors (Lipinski definition) is 0. The normalized spacial score (nSPS) is 25.4. The van der Waals surface area contributed by atoms with Crippen LogP contribution < -0.4 is 5.11 Å². The zero-order valence-corrected chi connectivity index (χ0v) is 13.7. The number of carboxylic acid groups (broad SMARTS) is 1. The first kappa shape index (κ1) is 16.0. The largest absolute Gasteiger partial charge is 0.549 e. The lowest BCUT2D eigenvalue weighted by atomic mass is 9.95. The quantitative estimate of drug-likeness (QED) is 0.833. The smallest absolute Gasteiger partial charge is 0.255 e. The first-order valence-electron chi connectivity index (χ1n) is 8.33. The highest BCUT2D eigenvalue weighted by Gasteiger charge is 2.40. The Morgan fingerprint density at radius 3 is 2.61 bits per heavy atom. The lowest BCUT2D eigenvalue weighted by Gasteiger charge is -2.35. The number of aliphatic carboxylic acids is 1. The number of fused-ring (bicyclic) bond motifs is 2. The summed E-state index contributed by atoms with van der Waals surface area (Å²) in [5.74, 6) is -0.933. The van der Waals surface area contributed by atoms with Crippen molar-refractivity contribution in [2.45, 2.75) is 38.3 Å². The Balaban J connectivity index is 1.76. The summed E-state index contributed by atoms with van der Waals surface area (Å²) in [5, 5.41) is 11.1. The van der Waals surface area contributed by atoms with E-state index in [2.05, 4.69) is 11.9 Å². The number of amides is 1. The zero-order valence-electron chi connectivity index (χ0n) is 13.7. The average Bonchev–Trinajstić information content (AvgIpc) is 2.82. The van der Waals surface area contributed by atoms with Crippen LogP contribution in [0.1, 0.15) is 48.0 Å². The average molecular weight is 315 g/mol. The molecule has 2 saturated heterocycles. The molecule has 3 atom stereocenters. The molecule has 124 valence electrons. The van der Waals surface area contributed by atoms with Gasteiger partial charge in [0.1, 0.15) is 0 Å². The molecule has 1 aromatic rings. The van der Waals surface area contributed by atoms with E-state index in [9.17, 15) is 14.7 Å². The van der Waals surface area contributed by atoms with Gasteiger partial charge in [0.2, 0.25) is 0 Å². The van der Waals surface area contributed by atoms with Gasteiger partial charge in [0.05, 0.1) is 6.17 Å². The number of piperidine rings is 1. The molecule has 0 spiro atoms. The maximum Gasteiger partial charge on any atom is 0.255 e. The van der Waals surface area contributed by atoms with Gasteiger partial charge >= 0.3 is 0 Å². The summed E-state index contributed by atoms with van der Waals surface area (Å²) in [5.41, 5.74) is 1.32. The van der Waals surface area contributed by atoms with Crippen LogP contribution in [0.3, 0.4) is 0 Å². The predicted molar refractivity (Wildman–Crippen MR) is 84.7 cm³/mol. The molecule has 2 bridgehead atoms. The molecule has 2 fully saturated rings. The van der Waals surface area contributed by atoms with Crippen LogP contribution in [0.15, 0.2) is 24.3 Å². The van der Waals surface area contributed by atoms with E-state index < -0.39 is 11.9 Å². The van der Waals surface area contributed by atoms with Crippen LogP contribution >= 0.6 is 0 Å². The van der Waals surface area contributed by atoms with E-state index in [0.29, 0.717) is 23.5 Å². The van der Waals surface area contributed by atoms with Crippen molar-refractivity contribution >= 4 is 11.9 Å². The molecule has 1 amide bonds. The van der Waals surface area contributed by atoms with Crippen molar-refractivity contribution in [3.05, 3.63) is 35.4 Å². The number of hydrogen-bond acceptors (Lipinski definition) is 4. The number of nitrogens with zero attached hydrogens (tertiary/aromatic N) is 2. The molecule has 5 nitrogen and oxygen atoms in total. The van der Waals surface area contributed by atoms with E-state index in [-0.39, 0.29) is 12.1 Å². The van der Waals surface area contributed by atoms with Gasteiger partial charge in [-0.3, -0.25) is 9.69 Å². The Morgan fingerprint density at radius 2 is 2.00 bits per heavy atom. The SMILES string of the molecule is CCC(C(=O)[O-])c1ccc(C(=O)N2CCC3CC2N(C)C3)cc1. The second-order valence-corrected chi connectivity index (χ2v) is 6.71. The van der Waals surface area contributed by atoms with Gasteiger partial charge in [-0.05, 0) is 49.9 Å². The third-order valence-corrected chi connectivity index (χ3v) is 5.25. The van der Waals surface area contributed by atoms with E-state index in [1.165, 1.54) is 0 Å². The number of likely N-dealkylation sites (tertiary alicyclic amines) is 2. The molecule has 1 aromatic carbocycles. The minimum Gasteiger partial charge on any atom is -0.549 e. The molecule has 2 heterocycles. The molecule has 0 N–H and O–H groups in total. The summed E-state index contributed by atoms with van der Waals surface area (Å²) >= 11 is 0. The number of carbonyl (C=O) groups excluding carboxylic acids is 2. The topological polar surface area (TPSA) is 63.7 Å². The van der Waals surface area contributed by atoms with Crippen molar-refractivity contribution in [1.82, 2.24) is 9.80 Å². The number of carbonyl (C=O) groups is 2. The molecule has 0 radical (unpaired) electrons. The predicted octanol–water partition coefficient (Wildman–Crippen LogP) is 1.05. The summed E-state index contributed by atoms with van der Waals surface area (Å²) in [4.78, 5) is 28.1. The third kappa shape index (κ3) is 2.98. The minimum atomic E-state index is -1.07. The third-order valence-electron chi connectivity index (χ3n) is 5.25. The Labute approximate surface area is 136 Å². The Hall–Kier alpha value is -1.88. The second kappa shape index (κ2) is 6.32. The molecule has 0 saturated carbocycles. The highest BCUT2D eigenvalue weighted by Crippen LogP contribution is 2.33. The highest BCUT2D eigenvalue weighted by molar-refractivity contribution is 5.94. The van der Waals surface area contributed by atoms with Crippen molar-refractivity contribution in [1.29, 1.82) is 0 Å². The summed E-state index contributed by atoms with van der Waals surface area (Å²) < 4.78 is 0. The molecule has 5 heteroatoms. The van der Waals surface area contributed by atoms with Crippen LogP contribution in [0.25, 0.3) is 0 Å². The van der Waals surface area contributed by atoms with E-state index in [0.717, 1.165) is 25.9 Å². The molecular formula is C18H23N2O3-. The van der Waals surface area contributed by atoms with E-state index >= 15 is 0 Å². The van der Waals surface area contributed by atoms with E-state index in [4.69, 9.17) is 0 Å². The van der Waals surface area contributed by atoms with Crippen LogP contribution in [0.4, 0.5) is 0 Å². The van der Waals surface area contributed by atoms with E-state index in [1.807, 2.05) is 11.8 Å². The summed E-state index contributed by atoms with van der Waals surface area (Å²) in [6.45, 7) is 3.69. The molecule has 0 aliphatic carbocycles. The number of benzene rings is 1. The van der Waals surface area contributed by atoms with Gasteiger partial charge in [-0.25, -0.2) is 0 Å². The zero-order chi connectivity index (χ0) is 16.6. The summed E-state index contributed by atoms with van der Waals surface area (Å²) in [7, 11) is 2.07. The van der Waals surface area contributed by atoms with Gasteiger partial charge in [0.15, 0.2) is 0 Å². The summed E-state index contributed by atoms with van der Waals surface area (Å²) in [6.07, 6.45) is 2.80. The lowest BCUT2D eigenvalue weighted by Crippen LogP contribution is -2.47. The molecular weight excluding hydrogens is 292 g/mol. The van der Waals surface area contributed by atoms with Gasteiger partial charge in [-0.1, -0.05) is 19.1 Å². The molecule has 0 aromatic heterocycles. The molecule has 3 rings (SSSR count). The lowest BCUT2D eigenvalue weighted by molar-refractivity contribution is -0.308. The number of rotatable bonds is 4. The standard InChI is InChI=1S/C18H24N2O3/c1-3-15(18(22)23)13-4-6-14(7-5-13)17(21)20-9-8-12-10-16(20)19(2)11-12/h4-7,12,15-16H,3,8-11H2,1-2H3,(H,22,23)/p-1. The Bertz CT molecular complexity index is 599. The van der Waals surface area contributed by atoms with Gasteiger partial charge in [0, 0.05) is 30.5 Å². The first-order chi connectivity index (χ1) is 11.0. The Morgan fingerprint density at radius 1 is 1.30 bits per heavy atom. The summed E-state index contributed by atoms with van der Waals surface area (Å²) in [6, 6.07) is 6.96. The monoisotopic (exact) mass is 315 g/mol. The van der Waals surface area contributed by atoms with E-state index in [1.54, 1.807) is 24.3 Å². The molecule has 2 aliphatic heterocycles. The van der Waals surface area contributed by atoms with Gasteiger partial charge < -0.3 is 14.8 Å². The van der Waals surface area contributed by atoms with Crippen LogP contribution in [0.2, 0.25) is 0 Å². The van der Waals surface area contributed by atoms with Crippen LogP contribution in [-0.2, 0) is 4.79 Å². The fourth-order valence-corrected chi connectivity index (χ4v) is 3.93. The minimum absolute atomic E-state index is 0.0373. The number of carboxylic acids is 1. The van der Waals surface area contributed by atoms with Gasteiger partial charge in [0.25, 0.3) is 5.91 Å².